The minimum atomic E-state index is -0.0860. The molecule has 110 valence electrons. The molecule has 0 spiro atoms. The predicted octanol–water partition coefficient (Wildman–Crippen LogP) is 3.93. The maximum atomic E-state index is 11.7. The molecule has 1 aromatic carbocycles. The average molecular weight is 301 g/mol. The van der Waals surface area contributed by atoms with E-state index in [0.29, 0.717) is 5.92 Å². The molecular weight excluding hydrogens is 282 g/mol. The Morgan fingerprint density at radius 2 is 2.24 bits per heavy atom. The highest BCUT2D eigenvalue weighted by Crippen LogP contribution is 2.36. The fourth-order valence-electron chi connectivity index (χ4n) is 2.36. The minimum absolute atomic E-state index is 0.0692. The Kier molecular flexibility index (Phi) is 3.68. The monoisotopic (exact) mass is 301 g/mol. The van der Waals surface area contributed by atoms with E-state index in [0.717, 1.165) is 34.2 Å². The summed E-state index contributed by atoms with van der Waals surface area (Å²) in [7, 11) is 0. The average Bonchev–Trinajstić information content (AvgIpc) is 3.03. The molecule has 5 heteroatoms. The van der Waals surface area contributed by atoms with Gasteiger partial charge in [0.25, 0.3) is 0 Å². The third kappa shape index (κ3) is 2.78. The van der Waals surface area contributed by atoms with Crippen molar-refractivity contribution in [3.63, 3.8) is 0 Å². The molecule has 0 saturated heterocycles. The van der Waals surface area contributed by atoms with Gasteiger partial charge in [-0.05, 0) is 30.5 Å². The lowest BCUT2D eigenvalue weighted by molar-refractivity contribution is -0.116. The zero-order valence-corrected chi connectivity index (χ0v) is 13.3. The van der Waals surface area contributed by atoms with Crippen molar-refractivity contribution in [2.75, 3.05) is 17.2 Å². The number of carbonyl (C=O) groups excluding carboxylic acids is 1. The summed E-state index contributed by atoms with van der Waals surface area (Å²) in [4.78, 5) is 16.3. The molecule has 2 N–H and O–H groups in total. The zero-order valence-electron chi connectivity index (χ0n) is 12.4. The van der Waals surface area contributed by atoms with Crippen LogP contribution in [0.1, 0.15) is 32.3 Å². The van der Waals surface area contributed by atoms with Crippen LogP contribution in [0.15, 0.2) is 23.6 Å². The highest BCUT2D eigenvalue weighted by Gasteiger charge is 2.26. The Bertz CT molecular complexity index is 678. The lowest BCUT2D eigenvalue weighted by Crippen LogP contribution is -2.08. The highest BCUT2D eigenvalue weighted by atomic mass is 32.1. The number of rotatable bonds is 4. The molecule has 0 radical (unpaired) electrons. The summed E-state index contributed by atoms with van der Waals surface area (Å²) < 4.78 is 0. The van der Waals surface area contributed by atoms with Crippen LogP contribution in [0.25, 0.3) is 11.3 Å². The topological polar surface area (TPSA) is 54.0 Å². The van der Waals surface area contributed by atoms with Gasteiger partial charge in [-0.25, -0.2) is 4.98 Å². The highest BCUT2D eigenvalue weighted by molar-refractivity contribution is 7.14. The Morgan fingerprint density at radius 1 is 1.43 bits per heavy atom. The molecular formula is C16H19N3OS. The van der Waals surface area contributed by atoms with Crippen LogP contribution < -0.4 is 10.6 Å². The van der Waals surface area contributed by atoms with E-state index in [-0.39, 0.29) is 11.8 Å². The third-order valence-corrected chi connectivity index (χ3v) is 4.43. The molecule has 0 unspecified atom stereocenters. The summed E-state index contributed by atoms with van der Waals surface area (Å²) in [5.41, 5.74) is 4.00. The van der Waals surface area contributed by atoms with Crippen molar-refractivity contribution in [3.8, 4) is 11.3 Å². The lowest BCUT2D eigenvalue weighted by Gasteiger charge is -2.05. The minimum Gasteiger partial charge on any atom is -0.361 e. The van der Waals surface area contributed by atoms with Crippen LogP contribution in [0.2, 0.25) is 0 Å². The number of aromatic nitrogens is 1. The number of nitrogens with one attached hydrogen (secondary N) is 2. The first-order chi connectivity index (χ1) is 10.0. The predicted molar refractivity (Wildman–Crippen MR) is 87.9 cm³/mol. The van der Waals surface area contributed by atoms with Gasteiger partial charge in [-0.1, -0.05) is 19.9 Å². The van der Waals surface area contributed by atoms with Crippen molar-refractivity contribution in [1.82, 2.24) is 4.98 Å². The van der Waals surface area contributed by atoms with Crippen LogP contribution in [0.4, 0.5) is 10.8 Å². The summed E-state index contributed by atoms with van der Waals surface area (Å²) in [6.07, 6.45) is 0. The number of amides is 1. The van der Waals surface area contributed by atoms with E-state index in [1.807, 2.05) is 19.1 Å². The Balaban J connectivity index is 1.84. The van der Waals surface area contributed by atoms with Crippen molar-refractivity contribution < 1.29 is 4.79 Å². The summed E-state index contributed by atoms with van der Waals surface area (Å²) in [5, 5.41) is 9.24. The van der Waals surface area contributed by atoms with E-state index in [2.05, 4.69) is 40.9 Å². The van der Waals surface area contributed by atoms with Gasteiger partial charge in [-0.3, -0.25) is 4.79 Å². The number of hydrogen-bond acceptors (Lipinski definition) is 4. The molecule has 3 rings (SSSR count). The van der Waals surface area contributed by atoms with Gasteiger partial charge >= 0.3 is 0 Å². The standard InChI is InChI=1S/C16H19N3OS/c1-9(2)7-17-16-19-14(8-21-16)11-4-5-13-12(6-11)10(3)15(20)18-13/h4-6,8-10H,7H2,1-3H3,(H,17,19)(H,18,20)/t10-/m0/s1. The molecule has 2 heterocycles. The van der Waals surface area contributed by atoms with Gasteiger partial charge in [0.2, 0.25) is 5.91 Å². The molecule has 1 aromatic heterocycles. The van der Waals surface area contributed by atoms with E-state index in [1.54, 1.807) is 11.3 Å². The van der Waals surface area contributed by atoms with Crippen molar-refractivity contribution >= 4 is 28.1 Å². The van der Waals surface area contributed by atoms with E-state index < -0.39 is 0 Å². The molecule has 1 amide bonds. The molecule has 1 aliphatic heterocycles. The molecule has 0 aliphatic carbocycles. The van der Waals surface area contributed by atoms with E-state index in [4.69, 9.17) is 0 Å². The molecule has 0 bridgehead atoms. The van der Waals surface area contributed by atoms with Crippen LogP contribution in [0.5, 0.6) is 0 Å². The number of fused-ring (bicyclic) bond motifs is 1. The van der Waals surface area contributed by atoms with E-state index in [9.17, 15) is 4.79 Å². The van der Waals surface area contributed by atoms with Crippen molar-refractivity contribution in [2.24, 2.45) is 5.92 Å². The normalized spacial score (nSPS) is 17.0. The van der Waals surface area contributed by atoms with Gasteiger partial charge in [0.1, 0.15) is 0 Å². The van der Waals surface area contributed by atoms with Crippen LogP contribution in [-0.4, -0.2) is 17.4 Å². The molecule has 0 fully saturated rings. The smallest absolute Gasteiger partial charge is 0.231 e. The maximum absolute atomic E-state index is 11.7. The SMILES string of the molecule is CC(C)CNc1nc(-c2ccc3c(c2)[C@H](C)C(=O)N3)cs1. The van der Waals surface area contributed by atoms with Crippen LogP contribution in [0.3, 0.4) is 0 Å². The van der Waals surface area contributed by atoms with Crippen molar-refractivity contribution in [2.45, 2.75) is 26.7 Å². The van der Waals surface area contributed by atoms with Gasteiger partial charge < -0.3 is 10.6 Å². The number of carbonyl (C=O) groups is 1. The van der Waals surface area contributed by atoms with Crippen LogP contribution in [-0.2, 0) is 4.79 Å². The van der Waals surface area contributed by atoms with Gasteiger partial charge in [0.15, 0.2) is 5.13 Å². The quantitative estimate of drug-likeness (QED) is 0.899. The molecule has 1 aliphatic rings. The first-order valence-electron chi connectivity index (χ1n) is 7.19. The first-order valence-corrected chi connectivity index (χ1v) is 8.07. The second kappa shape index (κ2) is 5.48. The van der Waals surface area contributed by atoms with Gasteiger partial charge in [-0.2, -0.15) is 0 Å². The fraction of sp³-hybridized carbons (Fsp3) is 0.375. The molecule has 21 heavy (non-hydrogen) atoms. The summed E-state index contributed by atoms with van der Waals surface area (Å²) >= 11 is 1.62. The van der Waals surface area contributed by atoms with Gasteiger partial charge in [0, 0.05) is 23.2 Å². The molecule has 1 atom stereocenters. The number of hydrogen-bond donors (Lipinski definition) is 2. The molecule has 2 aromatic rings. The van der Waals surface area contributed by atoms with E-state index >= 15 is 0 Å². The third-order valence-electron chi connectivity index (χ3n) is 3.63. The van der Waals surface area contributed by atoms with E-state index in [1.165, 1.54) is 0 Å². The largest absolute Gasteiger partial charge is 0.361 e. The maximum Gasteiger partial charge on any atom is 0.231 e. The summed E-state index contributed by atoms with van der Waals surface area (Å²) in [6.45, 7) is 7.20. The molecule has 0 saturated carbocycles. The second-order valence-electron chi connectivity index (χ2n) is 5.83. The Labute approximate surface area is 128 Å². The Hall–Kier alpha value is -1.88. The second-order valence-corrected chi connectivity index (χ2v) is 6.68. The van der Waals surface area contributed by atoms with Crippen LogP contribution in [0, 0.1) is 5.92 Å². The number of anilines is 2. The van der Waals surface area contributed by atoms with Crippen molar-refractivity contribution in [3.05, 3.63) is 29.1 Å². The molecule has 4 nitrogen and oxygen atoms in total. The zero-order chi connectivity index (χ0) is 15.0. The van der Waals surface area contributed by atoms with Crippen LogP contribution >= 0.6 is 11.3 Å². The van der Waals surface area contributed by atoms with Crippen molar-refractivity contribution in [1.29, 1.82) is 0 Å². The number of nitrogens with zero attached hydrogens (tertiary/aromatic N) is 1. The fourth-order valence-corrected chi connectivity index (χ4v) is 3.09. The van der Waals surface area contributed by atoms with Gasteiger partial charge in [-0.15, -0.1) is 11.3 Å². The first kappa shape index (κ1) is 14.1. The van der Waals surface area contributed by atoms with Gasteiger partial charge in [0.05, 0.1) is 11.6 Å². The Morgan fingerprint density at radius 3 is 3.00 bits per heavy atom. The number of benzene rings is 1. The summed E-state index contributed by atoms with van der Waals surface area (Å²) in [5.74, 6) is 0.576. The lowest BCUT2D eigenvalue weighted by atomic mass is 10.00. The summed E-state index contributed by atoms with van der Waals surface area (Å²) in [6, 6.07) is 6.05. The number of thiazole rings is 1.